The molecule has 0 unspecified atom stereocenters. The number of hydrogen-bond donors (Lipinski definition) is 0. The maximum atomic E-state index is 14.1. The number of methoxy groups -OCH3 is 2. The molecule has 0 radical (unpaired) electrons. The summed E-state index contributed by atoms with van der Waals surface area (Å²) in [5, 5.41) is 10.1. The Kier molecular flexibility index (Phi) is 9.54. The number of hydrogen-bond acceptors (Lipinski definition) is 6. The normalized spacial score (nSPS) is 29.0. The van der Waals surface area contributed by atoms with Gasteiger partial charge in [0, 0.05) is 17.5 Å². The fourth-order valence-electron chi connectivity index (χ4n) is 7.54. The molecule has 6 rings (SSSR count). The van der Waals surface area contributed by atoms with Crippen LogP contribution in [0.15, 0.2) is 22.8 Å². The summed E-state index contributed by atoms with van der Waals surface area (Å²) < 4.78 is 10.1. The number of rotatable bonds is 6. The molecule has 2 fully saturated rings. The number of carbonyl (C=O) groups excluding carboxylic acids is 4. The molecule has 5 atom stereocenters. The molecule has 242 valence electrons. The zero-order valence-corrected chi connectivity index (χ0v) is 29.6. The molecule has 2 aromatic heterocycles. The Morgan fingerprint density at radius 1 is 0.830 bits per heavy atom. The topological polar surface area (TPSA) is 143 Å². The summed E-state index contributed by atoms with van der Waals surface area (Å²) in [5.74, 6) is -3.13. The Morgan fingerprint density at radius 3 is 2.09 bits per heavy atom. The van der Waals surface area contributed by atoms with Gasteiger partial charge in [0.15, 0.2) is 11.6 Å². The number of allylic oxidation sites excluding steroid dienone is 4. The molecule has 4 aliphatic rings. The third-order valence-corrected chi connectivity index (χ3v) is 10.2. The smallest absolute Gasteiger partial charge is 0.664 e. The Labute approximate surface area is 291 Å². The second-order valence-electron chi connectivity index (χ2n) is 12.6. The standard InChI is InChI=1S/C36H40N4O6.Mg/c1-9-20-15(2)22-14-27-29(19(6)41)17(4)24(38-27)12-23-16(3)21(10-11-28(42)45-7)33(39-23)31-32(36(44)46-8)35(43)30-18(5)25(40-34(30)31)13-26(20)37-22;/h12-16,20-21,32H,9-11H2,1-8H3,(H2-2,37,38,39,40,41,43);/q-2;+2/p-2/b23-12-,26-13-;/t15-,16+,20-,21+,32-;/m1./s1. The van der Waals surface area contributed by atoms with E-state index in [0.717, 1.165) is 23.4 Å². The average molecular weight is 647 g/mol. The van der Waals surface area contributed by atoms with Gasteiger partial charge in [0.1, 0.15) is 5.92 Å². The Hall–Kier alpha value is -3.83. The first-order valence-electron chi connectivity index (χ1n) is 15.8. The summed E-state index contributed by atoms with van der Waals surface area (Å²) in [4.78, 5) is 62.5. The van der Waals surface area contributed by atoms with Crippen LogP contribution in [0, 0.1) is 43.4 Å². The van der Waals surface area contributed by atoms with E-state index in [1.54, 1.807) is 0 Å². The van der Waals surface area contributed by atoms with Crippen LogP contribution in [0.3, 0.4) is 0 Å². The van der Waals surface area contributed by atoms with Gasteiger partial charge in [-0.2, -0.15) is 22.8 Å². The van der Waals surface area contributed by atoms with E-state index in [2.05, 4.69) is 13.8 Å². The molecule has 3 aliphatic heterocycles. The monoisotopic (exact) mass is 646 g/mol. The molecule has 10 nitrogen and oxygen atoms in total. The van der Waals surface area contributed by atoms with E-state index in [4.69, 9.17) is 30.1 Å². The minimum atomic E-state index is -1.23. The van der Waals surface area contributed by atoms with E-state index in [1.165, 1.54) is 21.1 Å². The van der Waals surface area contributed by atoms with Crippen LogP contribution in [0.4, 0.5) is 0 Å². The van der Waals surface area contributed by atoms with Crippen molar-refractivity contribution in [3.8, 4) is 0 Å². The van der Waals surface area contributed by atoms with Gasteiger partial charge in [-0.25, -0.2) is 0 Å². The number of nitrogens with zero attached hydrogens (tertiary/aromatic N) is 4. The van der Waals surface area contributed by atoms with Gasteiger partial charge in [-0.05, 0) is 50.9 Å². The van der Waals surface area contributed by atoms with Crippen LogP contribution in [-0.2, 0) is 19.1 Å². The number of esters is 2. The first-order chi connectivity index (χ1) is 21.9. The minimum absolute atomic E-state index is 0. The number of Topliss-reactive ketones (excluding diaryl/α,β-unsaturated/α-hetero) is 2. The zero-order valence-electron chi connectivity index (χ0n) is 28.2. The van der Waals surface area contributed by atoms with Crippen molar-refractivity contribution >= 4 is 70.4 Å². The van der Waals surface area contributed by atoms with Crippen LogP contribution in [0.1, 0.15) is 102 Å². The average Bonchev–Trinajstić information content (AvgIpc) is 3.76. The molecule has 0 N–H and O–H groups in total. The fraction of sp³-hybridized carbons (Fsp3) is 0.444. The maximum absolute atomic E-state index is 14.1. The van der Waals surface area contributed by atoms with Gasteiger partial charge in [-0.15, -0.1) is 22.8 Å². The van der Waals surface area contributed by atoms with Crippen LogP contribution in [0.5, 0.6) is 0 Å². The van der Waals surface area contributed by atoms with Crippen molar-refractivity contribution in [1.82, 2.24) is 9.97 Å². The summed E-state index contributed by atoms with van der Waals surface area (Å²) in [6, 6.07) is 0. The van der Waals surface area contributed by atoms with E-state index < -0.39 is 11.9 Å². The van der Waals surface area contributed by atoms with Gasteiger partial charge in [0.25, 0.3) is 0 Å². The molecule has 0 aromatic carbocycles. The van der Waals surface area contributed by atoms with Gasteiger partial charge in [0.2, 0.25) is 0 Å². The molecule has 11 heteroatoms. The third-order valence-electron chi connectivity index (χ3n) is 10.2. The van der Waals surface area contributed by atoms with E-state index in [1.807, 2.05) is 39.0 Å². The molecular formula is C36H38MgN4O6-2. The molecule has 2 saturated heterocycles. The SMILES string of the molecule is CC[C@H]1/C2=C/c3[n-]c4c(c3C)C(=O)[C@H](C(=O)OC)/C4=C3/[N-]/C(=C\c4[n-]c(c(C(C)=O)c4C)/C=C(\[N-]2)[C@@H]1C)[C@@H](C)[C@@H]3CCC(=O)OC.[Mg+2]. The van der Waals surface area contributed by atoms with Crippen LogP contribution in [-0.4, -0.2) is 60.8 Å². The van der Waals surface area contributed by atoms with Crippen molar-refractivity contribution in [2.75, 3.05) is 14.2 Å². The zero-order chi connectivity index (χ0) is 33.2. The quantitative estimate of drug-likeness (QED) is 0.158. The van der Waals surface area contributed by atoms with E-state index in [-0.39, 0.29) is 70.7 Å². The second kappa shape index (κ2) is 13.0. The summed E-state index contributed by atoms with van der Waals surface area (Å²) in [6.07, 6.45) is 7.05. The largest absolute Gasteiger partial charge is 2.00 e. The van der Waals surface area contributed by atoms with Gasteiger partial charge >= 0.3 is 35.0 Å². The van der Waals surface area contributed by atoms with E-state index >= 15 is 0 Å². The first-order valence-corrected chi connectivity index (χ1v) is 15.8. The van der Waals surface area contributed by atoms with Gasteiger partial charge in [-0.3, -0.25) is 19.2 Å². The number of ether oxygens (including phenoxy) is 2. The Bertz CT molecular complexity index is 1820. The second-order valence-corrected chi connectivity index (χ2v) is 12.6. The fourth-order valence-corrected chi connectivity index (χ4v) is 7.54. The molecule has 0 amide bonds. The summed E-state index contributed by atoms with van der Waals surface area (Å²) >= 11 is 0. The van der Waals surface area contributed by atoms with Crippen LogP contribution in [0.25, 0.3) is 34.4 Å². The van der Waals surface area contributed by atoms with Crippen molar-refractivity contribution in [1.29, 1.82) is 0 Å². The number of carbonyl (C=O) groups is 4. The van der Waals surface area contributed by atoms with Crippen molar-refractivity contribution in [3.05, 3.63) is 78.5 Å². The van der Waals surface area contributed by atoms with Gasteiger partial charge in [-0.1, -0.05) is 62.1 Å². The van der Waals surface area contributed by atoms with Crippen LogP contribution >= 0.6 is 0 Å². The molecule has 47 heavy (non-hydrogen) atoms. The molecule has 5 heterocycles. The predicted molar refractivity (Wildman–Crippen MR) is 179 cm³/mol. The molecule has 0 spiro atoms. The molecule has 0 saturated carbocycles. The minimum Gasteiger partial charge on any atom is -0.664 e. The van der Waals surface area contributed by atoms with Crippen LogP contribution in [0.2, 0.25) is 0 Å². The van der Waals surface area contributed by atoms with E-state index in [9.17, 15) is 19.2 Å². The van der Waals surface area contributed by atoms with Gasteiger partial charge < -0.3 is 30.1 Å². The third kappa shape index (κ3) is 5.50. The first kappa shape index (κ1) is 34.5. The van der Waals surface area contributed by atoms with Crippen molar-refractivity contribution in [2.45, 2.75) is 60.8 Å². The van der Waals surface area contributed by atoms with Crippen molar-refractivity contribution < 1.29 is 28.7 Å². The van der Waals surface area contributed by atoms with Crippen LogP contribution < -0.4 is 9.97 Å². The number of fused-ring (bicyclic) bond motifs is 7. The summed E-state index contributed by atoms with van der Waals surface area (Å²) in [7, 11) is 2.60. The Morgan fingerprint density at radius 2 is 1.45 bits per heavy atom. The number of aromatic nitrogens is 2. The van der Waals surface area contributed by atoms with E-state index in [0.29, 0.717) is 62.9 Å². The Balaban J connectivity index is 0.00000433. The molecule has 1 aliphatic carbocycles. The molecule has 2 aromatic rings. The summed E-state index contributed by atoms with van der Waals surface area (Å²) in [5.41, 5.74) is 7.82. The predicted octanol–water partition coefficient (Wildman–Crippen LogP) is 6.12. The molecular weight excluding hydrogens is 609 g/mol. The van der Waals surface area contributed by atoms with Crippen molar-refractivity contribution in [3.63, 3.8) is 0 Å². The van der Waals surface area contributed by atoms with Crippen molar-refractivity contribution in [2.24, 2.45) is 29.6 Å². The summed E-state index contributed by atoms with van der Waals surface area (Å²) in [6.45, 7) is 11.5. The van der Waals surface area contributed by atoms with Gasteiger partial charge in [0.05, 0.1) is 14.2 Å². The maximum Gasteiger partial charge on any atom is 2.00 e. The number of ketones is 2. The molecule has 8 bridgehead atoms.